The fourth-order valence-electron chi connectivity index (χ4n) is 2.63. The first-order valence-electron chi connectivity index (χ1n) is 7.25. The highest BCUT2D eigenvalue weighted by Gasteiger charge is 2.44. The van der Waals surface area contributed by atoms with Gasteiger partial charge in [0.25, 0.3) is 0 Å². The summed E-state index contributed by atoms with van der Waals surface area (Å²) in [7, 11) is 0. The average Bonchev–Trinajstić information content (AvgIpc) is 3.30. The maximum Gasteiger partial charge on any atom is 0.224 e. The van der Waals surface area contributed by atoms with E-state index in [1.807, 2.05) is 18.2 Å². The summed E-state index contributed by atoms with van der Waals surface area (Å²) >= 11 is 0. The number of rotatable bonds is 5. The molecule has 0 saturated heterocycles. The van der Waals surface area contributed by atoms with Crippen LogP contribution >= 0.6 is 0 Å². The summed E-state index contributed by atoms with van der Waals surface area (Å²) in [5, 5.41) is 3.01. The van der Waals surface area contributed by atoms with Crippen molar-refractivity contribution in [2.24, 2.45) is 0 Å². The Morgan fingerprint density at radius 3 is 2.33 bits per heavy atom. The Labute approximate surface area is 124 Å². The van der Waals surface area contributed by atoms with Gasteiger partial charge in [-0.3, -0.25) is 4.79 Å². The van der Waals surface area contributed by atoms with Crippen molar-refractivity contribution in [2.45, 2.75) is 24.7 Å². The van der Waals surface area contributed by atoms with Gasteiger partial charge >= 0.3 is 0 Å². The molecule has 1 aliphatic carbocycles. The first kappa shape index (κ1) is 13.8. The van der Waals surface area contributed by atoms with Crippen molar-refractivity contribution < 1.29 is 9.18 Å². The number of nitrogens with one attached hydrogen (secondary N) is 1. The monoisotopic (exact) mass is 283 g/mol. The zero-order chi connectivity index (χ0) is 14.7. The summed E-state index contributed by atoms with van der Waals surface area (Å²) < 4.78 is 12.8. The van der Waals surface area contributed by atoms with Crippen molar-refractivity contribution in [3.05, 3.63) is 71.5 Å². The number of amides is 1. The summed E-state index contributed by atoms with van der Waals surface area (Å²) in [6.45, 7) is 0.678. The van der Waals surface area contributed by atoms with E-state index in [9.17, 15) is 9.18 Å². The minimum absolute atomic E-state index is 0.0104. The van der Waals surface area contributed by atoms with E-state index in [2.05, 4.69) is 17.4 Å². The van der Waals surface area contributed by atoms with Crippen molar-refractivity contribution >= 4 is 5.91 Å². The molecule has 0 aliphatic heterocycles. The van der Waals surface area contributed by atoms with Crippen LogP contribution in [0.1, 0.15) is 24.0 Å². The van der Waals surface area contributed by atoms with Crippen molar-refractivity contribution in [2.75, 3.05) is 6.54 Å². The van der Waals surface area contributed by atoms with Crippen LogP contribution in [-0.4, -0.2) is 12.5 Å². The summed E-state index contributed by atoms with van der Waals surface area (Å²) in [6.07, 6.45) is 2.53. The maximum atomic E-state index is 12.8. The van der Waals surface area contributed by atoms with Crippen LogP contribution < -0.4 is 5.32 Å². The van der Waals surface area contributed by atoms with Crippen LogP contribution in [0.3, 0.4) is 0 Å². The van der Waals surface area contributed by atoms with Crippen molar-refractivity contribution in [1.29, 1.82) is 0 Å². The third-order valence-corrected chi connectivity index (χ3v) is 4.14. The molecule has 2 aromatic carbocycles. The molecule has 0 aromatic heterocycles. The summed E-state index contributed by atoms with van der Waals surface area (Å²) in [5.74, 6) is -0.288. The molecule has 0 atom stereocenters. The number of benzene rings is 2. The number of hydrogen-bond acceptors (Lipinski definition) is 1. The second-order valence-electron chi connectivity index (χ2n) is 5.73. The van der Waals surface area contributed by atoms with Crippen LogP contribution in [0.4, 0.5) is 4.39 Å². The van der Waals surface area contributed by atoms with Crippen LogP contribution in [0.2, 0.25) is 0 Å². The minimum atomic E-state index is -0.278. The average molecular weight is 283 g/mol. The van der Waals surface area contributed by atoms with E-state index in [1.54, 1.807) is 12.1 Å². The fourth-order valence-corrected chi connectivity index (χ4v) is 2.63. The van der Waals surface area contributed by atoms with Crippen LogP contribution in [-0.2, 0) is 16.6 Å². The molecule has 1 aliphatic rings. The smallest absolute Gasteiger partial charge is 0.224 e. The Kier molecular flexibility index (Phi) is 3.74. The lowest BCUT2D eigenvalue weighted by Crippen LogP contribution is -2.33. The Morgan fingerprint density at radius 1 is 1.05 bits per heavy atom. The van der Waals surface area contributed by atoms with Gasteiger partial charge in [0.15, 0.2) is 0 Å². The lowest BCUT2D eigenvalue weighted by atomic mass is 9.96. The fraction of sp³-hybridized carbons (Fsp3) is 0.278. The molecule has 0 bridgehead atoms. The second-order valence-corrected chi connectivity index (χ2v) is 5.73. The summed E-state index contributed by atoms with van der Waals surface area (Å²) in [4.78, 5) is 12.0. The SMILES string of the molecule is O=C(Cc1ccc(F)cc1)NCC1(c2ccccc2)CC1. The van der Waals surface area contributed by atoms with Crippen LogP contribution in [0, 0.1) is 5.82 Å². The number of carbonyl (C=O) groups excluding carboxylic acids is 1. The molecule has 21 heavy (non-hydrogen) atoms. The zero-order valence-corrected chi connectivity index (χ0v) is 11.8. The van der Waals surface area contributed by atoms with Crippen LogP contribution in [0.15, 0.2) is 54.6 Å². The van der Waals surface area contributed by atoms with Gasteiger partial charge in [-0.1, -0.05) is 42.5 Å². The van der Waals surface area contributed by atoms with Gasteiger partial charge < -0.3 is 5.32 Å². The van der Waals surface area contributed by atoms with E-state index in [1.165, 1.54) is 17.7 Å². The van der Waals surface area contributed by atoms with E-state index in [4.69, 9.17) is 0 Å². The molecule has 0 spiro atoms. The molecule has 3 rings (SSSR count). The molecule has 1 fully saturated rings. The highest BCUT2D eigenvalue weighted by atomic mass is 19.1. The quantitative estimate of drug-likeness (QED) is 0.897. The predicted molar refractivity (Wildman–Crippen MR) is 80.5 cm³/mol. The van der Waals surface area contributed by atoms with Gasteiger partial charge in [-0.15, -0.1) is 0 Å². The van der Waals surface area contributed by atoms with Crippen molar-refractivity contribution in [3.63, 3.8) is 0 Å². The van der Waals surface area contributed by atoms with E-state index in [0.29, 0.717) is 13.0 Å². The van der Waals surface area contributed by atoms with Gasteiger partial charge in [-0.05, 0) is 36.1 Å². The van der Waals surface area contributed by atoms with E-state index in [0.717, 1.165) is 18.4 Å². The molecule has 108 valence electrons. The molecule has 1 saturated carbocycles. The van der Waals surface area contributed by atoms with Gasteiger partial charge in [-0.25, -0.2) is 4.39 Å². The third kappa shape index (κ3) is 3.30. The van der Waals surface area contributed by atoms with Gasteiger partial charge in [0, 0.05) is 12.0 Å². The van der Waals surface area contributed by atoms with Crippen molar-refractivity contribution in [3.8, 4) is 0 Å². The molecule has 2 nitrogen and oxygen atoms in total. The first-order valence-corrected chi connectivity index (χ1v) is 7.25. The molecular weight excluding hydrogens is 265 g/mol. The molecule has 1 amide bonds. The molecule has 0 unspecified atom stereocenters. The van der Waals surface area contributed by atoms with Gasteiger partial charge in [0.1, 0.15) is 5.82 Å². The molecule has 1 N–H and O–H groups in total. The van der Waals surface area contributed by atoms with Gasteiger partial charge in [-0.2, -0.15) is 0 Å². The molecule has 3 heteroatoms. The molecule has 0 heterocycles. The molecule has 0 radical (unpaired) electrons. The summed E-state index contributed by atoms with van der Waals surface area (Å²) in [6, 6.07) is 16.4. The first-order chi connectivity index (χ1) is 10.2. The number of halogens is 1. The van der Waals surface area contributed by atoms with E-state index in [-0.39, 0.29) is 17.1 Å². The van der Waals surface area contributed by atoms with E-state index < -0.39 is 0 Å². The topological polar surface area (TPSA) is 29.1 Å². The van der Waals surface area contributed by atoms with Crippen LogP contribution in [0.5, 0.6) is 0 Å². The van der Waals surface area contributed by atoms with Crippen molar-refractivity contribution in [1.82, 2.24) is 5.32 Å². The Hall–Kier alpha value is -2.16. The Balaban J connectivity index is 1.56. The number of hydrogen-bond donors (Lipinski definition) is 1. The highest BCUT2D eigenvalue weighted by molar-refractivity contribution is 5.78. The lowest BCUT2D eigenvalue weighted by molar-refractivity contribution is -0.120. The normalized spacial score (nSPS) is 15.5. The number of carbonyl (C=O) groups is 1. The molecule has 2 aromatic rings. The Bertz CT molecular complexity index is 617. The van der Waals surface area contributed by atoms with Gasteiger partial charge in [0.2, 0.25) is 5.91 Å². The van der Waals surface area contributed by atoms with Crippen LogP contribution in [0.25, 0.3) is 0 Å². The maximum absolute atomic E-state index is 12.8. The third-order valence-electron chi connectivity index (χ3n) is 4.14. The summed E-state index contributed by atoms with van der Waals surface area (Å²) in [5.41, 5.74) is 2.25. The highest BCUT2D eigenvalue weighted by Crippen LogP contribution is 2.47. The lowest BCUT2D eigenvalue weighted by Gasteiger charge is -2.16. The standard InChI is InChI=1S/C18H18FNO/c19-16-8-6-14(7-9-16)12-17(21)20-13-18(10-11-18)15-4-2-1-3-5-15/h1-9H,10-13H2,(H,20,21). The zero-order valence-electron chi connectivity index (χ0n) is 11.8. The predicted octanol–water partition coefficient (Wildman–Crippen LogP) is 3.22. The van der Waals surface area contributed by atoms with E-state index >= 15 is 0 Å². The van der Waals surface area contributed by atoms with Gasteiger partial charge in [0.05, 0.1) is 6.42 Å². The largest absolute Gasteiger partial charge is 0.355 e. The minimum Gasteiger partial charge on any atom is -0.355 e. The second kappa shape index (κ2) is 5.68. The Morgan fingerprint density at radius 2 is 1.71 bits per heavy atom. The molecular formula is C18H18FNO.